The number of hydrogen-bond donors (Lipinski definition) is 3. The molecule has 2 atom stereocenters. The van der Waals surface area contributed by atoms with Crippen LogP contribution in [0.25, 0.3) is 0 Å². The predicted octanol–water partition coefficient (Wildman–Crippen LogP) is 3.08. The zero-order valence-electron chi connectivity index (χ0n) is 13.6. The number of amides is 1. The first-order valence-electron chi connectivity index (χ1n) is 7.83. The first kappa shape index (κ1) is 17.2. The highest BCUT2D eigenvalue weighted by Gasteiger charge is 2.18. The zero-order valence-corrected chi connectivity index (χ0v) is 13.6. The van der Waals surface area contributed by atoms with Gasteiger partial charge < -0.3 is 16.2 Å². The Hall–Kier alpha value is -2.17. The molecule has 2 aromatic rings. The fourth-order valence-corrected chi connectivity index (χ4v) is 2.57. The van der Waals surface area contributed by atoms with Crippen molar-refractivity contribution in [2.24, 2.45) is 5.73 Å². The van der Waals surface area contributed by atoms with Gasteiger partial charge in [0.25, 0.3) is 0 Å². The molecule has 23 heavy (non-hydrogen) atoms. The number of nitrogens with one attached hydrogen (secondary N) is 1. The van der Waals surface area contributed by atoms with E-state index < -0.39 is 12.1 Å². The number of rotatable bonds is 6. The lowest BCUT2D eigenvalue weighted by atomic mass is 9.99. The Bertz CT molecular complexity index is 635. The van der Waals surface area contributed by atoms with Gasteiger partial charge in [0.2, 0.25) is 5.91 Å². The summed E-state index contributed by atoms with van der Waals surface area (Å²) in [5, 5.41) is 13.1. The highest BCUT2D eigenvalue weighted by Crippen LogP contribution is 2.21. The summed E-state index contributed by atoms with van der Waals surface area (Å²) < 4.78 is 0. The van der Waals surface area contributed by atoms with Gasteiger partial charge in [0, 0.05) is 12.1 Å². The van der Waals surface area contributed by atoms with E-state index in [2.05, 4.69) is 5.32 Å². The number of anilines is 1. The van der Waals surface area contributed by atoms with Crippen LogP contribution in [0, 0.1) is 13.8 Å². The van der Waals surface area contributed by atoms with Crippen LogP contribution in [0.4, 0.5) is 5.69 Å². The second-order valence-corrected chi connectivity index (χ2v) is 5.86. The number of carbonyl (C=O) groups excluding carboxylic acids is 1. The highest BCUT2D eigenvalue weighted by atomic mass is 16.3. The lowest BCUT2D eigenvalue weighted by molar-refractivity contribution is -0.116. The van der Waals surface area contributed by atoms with Crippen LogP contribution in [-0.2, 0) is 4.79 Å². The molecule has 1 amide bonds. The molecule has 0 aromatic heterocycles. The maximum Gasteiger partial charge on any atom is 0.224 e. The Morgan fingerprint density at radius 3 is 2.30 bits per heavy atom. The average Bonchev–Trinajstić information content (AvgIpc) is 2.56. The third-order valence-corrected chi connectivity index (χ3v) is 4.01. The van der Waals surface area contributed by atoms with Crippen LogP contribution in [-0.4, -0.2) is 17.1 Å². The standard InChI is InChI=1S/C19H24N2O2/c1-13-7-6-8-14(2)19(13)21-17(23)12-11-16(22)18(20)15-9-4-3-5-10-15/h3-10,16,18,22H,11-12,20H2,1-2H3,(H,21,23)/t16-,18-/m0/s1. The SMILES string of the molecule is Cc1cccc(C)c1NC(=O)CC[C@H](O)[C@@H](N)c1ccccc1. The molecule has 0 saturated heterocycles. The van der Waals surface area contributed by atoms with Gasteiger partial charge in [0.1, 0.15) is 0 Å². The topological polar surface area (TPSA) is 75.3 Å². The quantitative estimate of drug-likeness (QED) is 0.767. The Morgan fingerprint density at radius 1 is 1.09 bits per heavy atom. The molecule has 4 nitrogen and oxygen atoms in total. The van der Waals surface area contributed by atoms with E-state index in [-0.39, 0.29) is 12.3 Å². The summed E-state index contributed by atoms with van der Waals surface area (Å²) in [7, 11) is 0. The number of carbonyl (C=O) groups is 1. The van der Waals surface area contributed by atoms with Gasteiger partial charge in [-0.1, -0.05) is 48.5 Å². The second kappa shape index (κ2) is 7.90. The van der Waals surface area contributed by atoms with Crippen molar-refractivity contribution in [2.75, 3.05) is 5.32 Å². The van der Waals surface area contributed by atoms with Crippen molar-refractivity contribution in [3.8, 4) is 0 Å². The van der Waals surface area contributed by atoms with Crippen LogP contribution in [0.5, 0.6) is 0 Å². The van der Waals surface area contributed by atoms with Gasteiger partial charge in [-0.25, -0.2) is 0 Å². The Morgan fingerprint density at radius 2 is 1.70 bits per heavy atom. The number of para-hydroxylation sites is 1. The van der Waals surface area contributed by atoms with E-state index in [4.69, 9.17) is 5.73 Å². The van der Waals surface area contributed by atoms with Gasteiger partial charge in [-0.2, -0.15) is 0 Å². The van der Waals surface area contributed by atoms with E-state index in [1.807, 2.05) is 62.4 Å². The van der Waals surface area contributed by atoms with Gasteiger partial charge in [0.15, 0.2) is 0 Å². The Labute approximate surface area is 137 Å². The van der Waals surface area contributed by atoms with Gasteiger partial charge in [0.05, 0.1) is 12.1 Å². The summed E-state index contributed by atoms with van der Waals surface area (Å²) in [6, 6.07) is 14.8. The summed E-state index contributed by atoms with van der Waals surface area (Å²) in [6.07, 6.45) is -0.191. The molecular formula is C19H24N2O2. The first-order chi connectivity index (χ1) is 11.0. The third kappa shape index (κ3) is 4.65. The molecule has 0 saturated carbocycles. The molecule has 0 heterocycles. The fraction of sp³-hybridized carbons (Fsp3) is 0.316. The average molecular weight is 312 g/mol. The van der Waals surface area contributed by atoms with Gasteiger partial charge in [-0.3, -0.25) is 4.79 Å². The molecule has 0 spiro atoms. The van der Waals surface area contributed by atoms with E-state index in [1.54, 1.807) is 0 Å². The van der Waals surface area contributed by atoms with Crippen molar-refractivity contribution >= 4 is 11.6 Å². The Kier molecular flexibility index (Phi) is 5.90. The lowest BCUT2D eigenvalue weighted by Crippen LogP contribution is -2.27. The lowest BCUT2D eigenvalue weighted by Gasteiger charge is -2.19. The van der Waals surface area contributed by atoms with Crippen molar-refractivity contribution in [1.82, 2.24) is 0 Å². The zero-order chi connectivity index (χ0) is 16.8. The third-order valence-electron chi connectivity index (χ3n) is 4.01. The molecule has 2 rings (SSSR count). The van der Waals surface area contributed by atoms with Crippen LogP contribution in [0.3, 0.4) is 0 Å². The van der Waals surface area contributed by atoms with E-state index in [9.17, 15) is 9.90 Å². The molecule has 122 valence electrons. The first-order valence-corrected chi connectivity index (χ1v) is 7.83. The van der Waals surface area contributed by atoms with Gasteiger partial charge >= 0.3 is 0 Å². The maximum absolute atomic E-state index is 12.1. The minimum absolute atomic E-state index is 0.110. The molecular weight excluding hydrogens is 288 g/mol. The van der Waals surface area contributed by atoms with Crippen molar-refractivity contribution in [3.63, 3.8) is 0 Å². The van der Waals surface area contributed by atoms with Gasteiger partial charge in [-0.05, 0) is 37.0 Å². The molecule has 2 aromatic carbocycles. The minimum atomic E-state index is -0.749. The van der Waals surface area contributed by atoms with E-state index in [0.29, 0.717) is 6.42 Å². The molecule has 0 bridgehead atoms. The molecule has 0 aliphatic rings. The number of aryl methyl sites for hydroxylation is 2. The normalized spacial score (nSPS) is 13.4. The minimum Gasteiger partial charge on any atom is -0.391 e. The van der Waals surface area contributed by atoms with E-state index >= 15 is 0 Å². The van der Waals surface area contributed by atoms with Gasteiger partial charge in [-0.15, -0.1) is 0 Å². The predicted molar refractivity (Wildman–Crippen MR) is 93.2 cm³/mol. The molecule has 0 aliphatic heterocycles. The number of hydrogen-bond acceptors (Lipinski definition) is 3. The smallest absolute Gasteiger partial charge is 0.224 e. The molecule has 0 fully saturated rings. The number of nitrogens with two attached hydrogens (primary N) is 1. The maximum atomic E-state index is 12.1. The molecule has 0 unspecified atom stereocenters. The van der Waals surface area contributed by atoms with Crippen molar-refractivity contribution in [2.45, 2.75) is 38.8 Å². The van der Waals surface area contributed by atoms with Crippen LogP contribution in [0.15, 0.2) is 48.5 Å². The number of aliphatic hydroxyl groups is 1. The largest absolute Gasteiger partial charge is 0.391 e. The number of benzene rings is 2. The van der Waals surface area contributed by atoms with Crippen LogP contribution in [0.2, 0.25) is 0 Å². The van der Waals surface area contributed by atoms with Crippen LogP contribution < -0.4 is 11.1 Å². The summed E-state index contributed by atoms with van der Waals surface area (Å²) in [6.45, 7) is 3.92. The summed E-state index contributed by atoms with van der Waals surface area (Å²) in [5.74, 6) is -0.110. The molecule has 4 N–H and O–H groups in total. The van der Waals surface area contributed by atoms with Crippen molar-refractivity contribution in [3.05, 3.63) is 65.2 Å². The molecule has 0 radical (unpaired) electrons. The monoisotopic (exact) mass is 312 g/mol. The number of aliphatic hydroxyl groups excluding tert-OH is 1. The van der Waals surface area contributed by atoms with Crippen molar-refractivity contribution in [1.29, 1.82) is 0 Å². The van der Waals surface area contributed by atoms with E-state index in [0.717, 1.165) is 22.4 Å². The second-order valence-electron chi connectivity index (χ2n) is 5.86. The fourth-order valence-electron chi connectivity index (χ4n) is 2.57. The van der Waals surface area contributed by atoms with Crippen LogP contribution >= 0.6 is 0 Å². The van der Waals surface area contributed by atoms with Crippen molar-refractivity contribution < 1.29 is 9.90 Å². The summed E-state index contributed by atoms with van der Waals surface area (Å²) in [4.78, 5) is 12.1. The van der Waals surface area contributed by atoms with Crippen LogP contribution in [0.1, 0.15) is 35.6 Å². The highest BCUT2D eigenvalue weighted by molar-refractivity contribution is 5.92. The summed E-state index contributed by atoms with van der Waals surface area (Å²) in [5.41, 5.74) is 9.82. The Balaban J connectivity index is 1.89. The molecule has 0 aliphatic carbocycles. The summed E-state index contributed by atoms with van der Waals surface area (Å²) >= 11 is 0. The van der Waals surface area contributed by atoms with E-state index in [1.165, 1.54) is 0 Å². The molecule has 4 heteroatoms.